The van der Waals surface area contributed by atoms with Crippen LogP contribution in [-0.4, -0.2) is 63.9 Å². The quantitative estimate of drug-likeness (QED) is 0.439. The van der Waals surface area contributed by atoms with Crippen LogP contribution in [0.15, 0.2) is 0 Å². The normalized spacial score (nSPS) is 10.8. The van der Waals surface area contributed by atoms with Gasteiger partial charge in [0.2, 0.25) is 0 Å². The highest BCUT2D eigenvalue weighted by Gasteiger charge is 2.15. The molecule has 0 spiro atoms. The molecule has 0 aromatic rings. The third-order valence-corrected chi connectivity index (χ3v) is 2.16. The predicted octanol–water partition coefficient (Wildman–Crippen LogP) is 0.307. The molecule has 0 aromatic heterocycles. The number of nitrogens with zero attached hydrogens (tertiary/aromatic N) is 1. The molecule has 0 N–H and O–H groups in total. The van der Waals surface area contributed by atoms with E-state index in [1.807, 2.05) is 0 Å². The third-order valence-electron chi connectivity index (χ3n) is 2.16. The van der Waals surface area contributed by atoms with Crippen molar-refractivity contribution in [2.45, 2.75) is 13.8 Å². The van der Waals surface area contributed by atoms with Crippen molar-refractivity contribution in [1.82, 2.24) is 4.90 Å². The van der Waals surface area contributed by atoms with Crippen LogP contribution in [0.5, 0.6) is 0 Å². The molecule has 0 aliphatic heterocycles. The minimum absolute atomic E-state index is 0.0522. The Morgan fingerprint density at radius 3 is 1.94 bits per heavy atom. The first-order valence-corrected chi connectivity index (χ1v) is 5.93. The Labute approximate surface area is 108 Å². The Kier molecular flexibility index (Phi) is 9.22. The van der Waals surface area contributed by atoms with E-state index in [1.54, 1.807) is 4.90 Å². The van der Waals surface area contributed by atoms with E-state index < -0.39 is 0 Å². The Hall–Kier alpha value is -1.14. The van der Waals surface area contributed by atoms with E-state index in [0.717, 1.165) is 0 Å². The number of hydrogen-bond donors (Lipinski definition) is 0. The van der Waals surface area contributed by atoms with E-state index in [2.05, 4.69) is 23.3 Å². The zero-order valence-corrected chi connectivity index (χ0v) is 11.6. The van der Waals surface area contributed by atoms with Crippen LogP contribution in [0.1, 0.15) is 13.8 Å². The van der Waals surface area contributed by atoms with Crippen molar-refractivity contribution in [3.8, 4) is 0 Å². The van der Waals surface area contributed by atoms with Gasteiger partial charge in [-0.15, -0.1) is 0 Å². The van der Waals surface area contributed by atoms with Crippen molar-refractivity contribution in [2.24, 2.45) is 5.92 Å². The van der Waals surface area contributed by atoms with Crippen molar-refractivity contribution < 1.29 is 23.8 Å². The summed E-state index contributed by atoms with van der Waals surface area (Å²) in [4.78, 5) is 24.0. The summed E-state index contributed by atoms with van der Waals surface area (Å²) in [5.74, 6) is -0.315. The molecule has 0 aliphatic rings. The van der Waals surface area contributed by atoms with Gasteiger partial charge >= 0.3 is 11.9 Å². The molecule has 6 heteroatoms. The maximum atomic E-state index is 11.2. The summed E-state index contributed by atoms with van der Waals surface area (Å²) >= 11 is 0. The van der Waals surface area contributed by atoms with E-state index in [-0.39, 0.29) is 25.0 Å². The van der Waals surface area contributed by atoms with Gasteiger partial charge in [0.15, 0.2) is 0 Å². The van der Waals surface area contributed by atoms with Gasteiger partial charge in [0.05, 0.1) is 33.9 Å². The van der Waals surface area contributed by atoms with Gasteiger partial charge in [-0.1, -0.05) is 13.8 Å². The lowest BCUT2D eigenvalue weighted by Crippen LogP contribution is -2.38. The van der Waals surface area contributed by atoms with Crippen LogP contribution in [0.3, 0.4) is 0 Å². The Balaban J connectivity index is 4.04. The summed E-state index contributed by atoms with van der Waals surface area (Å²) < 4.78 is 14.5. The zero-order chi connectivity index (χ0) is 14.0. The molecule has 0 heterocycles. The highest BCUT2D eigenvalue weighted by Crippen LogP contribution is 1.95. The molecule has 0 aromatic carbocycles. The Bertz CT molecular complexity index is 237. The SMILES string of the molecule is COC(=O)CN(CCOCC(C)C)CC(=O)OC. The molecule has 0 saturated heterocycles. The molecule has 106 valence electrons. The van der Waals surface area contributed by atoms with E-state index in [1.165, 1.54) is 14.2 Å². The molecule has 0 aliphatic carbocycles. The minimum Gasteiger partial charge on any atom is -0.468 e. The van der Waals surface area contributed by atoms with Gasteiger partial charge in [-0.05, 0) is 5.92 Å². The molecule has 18 heavy (non-hydrogen) atoms. The maximum Gasteiger partial charge on any atom is 0.319 e. The summed E-state index contributed by atoms with van der Waals surface area (Å²) in [5, 5.41) is 0. The molecule has 0 fully saturated rings. The van der Waals surface area contributed by atoms with Gasteiger partial charge in [0.25, 0.3) is 0 Å². The topological polar surface area (TPSA) is 65.1 Å². The number of carbonyl (C=O) groups is 2. The maximum absolute atomic E-state index is 11.2. The Morgan fingerprint density at radius 1 is 1.06 bits per heavy atom. The van der Waals surface area contributed by atoms with E-state index >= 15 is 0 Å². The molecular formula is C12H23NO5. The first kappa shape index (κ1) is 16.9. The lowest BCUT2D eigenvalue weighted by Gasteiger charge is -2.19. The highest BCUT2D eigenvalue weighted by atomic mass is 16.5. The average molecular weight is 261 g/mol. The van der Waals surface area contributed by atoms with Crippen LogP contribution in [-0.2, 0) is 23.8 Å². The molecule has 0 radical (unpaired) electrons. The van der Waals surface area contributed by atoms with Crippen LogP contribution >= 0.6 is 0 Å². The fraction of sp³-hybridized carbons (Fsp3) is 0.833. The second kappa shape index (κ2) is 9.85. The third kappa shape index (κ3) is 8.95. The number of carbonyl (C=O) groups excluding carboxylic acids is 2. The fourth-order valence-corrected chi connectivity index (χ4v) is 1.22. The van der Waals surface area contributed by atoms with Crippen molar-refractivity contribution >= 4 is 11.9 Å². The lowest BCUT2D eigenvalue weighted by atomic mass is 10.2. The van der Waals surface area contributed by atoms with Gasteiger partial charge in [-0.3, -0.25) is 14.5 Å². The van der Waals surface area contributed by atoms with Crippen molar-refractivity contribution in [1.29, 1.82) is 0 Å². The van der Waals surface area contributed by atoms with Crippen molar-refractivity contribution in [2.75, 3.05) is 47.1 Å². The average Bonchev–Trinajstić information content (AvgIpc) is 2.33. The molecule has 0 rings (SSSR count). The van der Waals surface area contributed by atoms with Crippen LogP contribution in [0.25, 0.3) is 0 Å². The monoisotopic (exact) mass is 261 g/mol. The smallest absolute Gasteiger partial charge is 0.319 e. The van der Waals surface area contributed by atoms with Gasteiger partial charge in [-0.25, -0.2) is 0 Å². The summed E-state index contributed by atoms with van der Waals surface area (Å²) in [6.07, 6.45) is 0. The van der Waals surface area contributed by atoms with Gasteiger partial charge in [0, 0.05) is 13.2 Å². The number of methoxy groups -OCH3 is 2. The molecule has 0 saturated carbocycles. The molecule has 0 unspecified atom stereocenters. The summed E-state index contributed by atoms with van der Waals surface area (Å²) in [7, 11) is 2.63. The predicted molar refractivity (Wildman–Crippen MR) is 66.1 cm³/mol. The fourth-order valence-electron chi connectivity index (χ4n) is 1.22. The van der Waals surface area contributed by atoms with Crippen LogP contribution < -0.4 is 0 Å². The number of ether oxygens (including phenoxy) is 3. The molecule has 6 nitrogen and oxygen atoms in total. The second-order valence-electron chi connectivity index (χ2n) is 4.33. The van der Waals surface area contributed by atoms with Gasteiger partial charge < -0.3 is 14.2 Å². The van der Waals surface area contributed by atoms with Crippen LogP contribution in [0.4, 0.5) is 0 Å². The molecular weight excluding hydrogens is 238 g/mol. The minimum atomic E-state index is -0.386. The first-order chi connectivity index (χ1) is 8.49. The van der Waals surface area contributed by atoms with Crippen molar-refractivity contribution in [3.63, 3.8) is 0 Å². The molecule has 0 atom stereocenters. The number of esters is 2. The van der Waals surface area contributed by atoms with Gasteiger partial charge in [0.1, 0.15) is 0 Å². The largest absolute Gasteiger partial charge is 0.468 e. The zero-order valence-electron chi connectivity index (χ0n) is 11.6. The van der Waals surface area contributed by atoms with Crippen LogP contribution in [0, 0.1) is 5.92 Å². The highest BCUT2D eigenvalue weighted by molar-refractivity contribution is 5.74. The van der Waals surface area contributed by atoms with E-state index in [9.17, 15) is 9.59 Å². The second-order valence-corrected chi connectivity index (χ2v) is 4.33. The summed E-state index contributed by atoms with van der Waals surface area (Å²) in [5.41, 5.74) is 0. The summed E-state index contributed by atoms with van der Waals surface area (Å²) in [6, 6.07) is 0. The van der Waals surface area contributed by atoms with Crippen LogP contribution in [0.2, 0.25) is 0 Å². The molecule has 0 bridgehead atoms. The van der Waals surface area contributed by atoms with E-state index in [4.69, 9.17) is 4.74 Å². The van der Waals surface area contributed by atoms with E-state index in [0.29, 0.717) is 25.7 Å². The first-order valence-electron chi connectivity index (χ1n) is 5.93. The van der Waals surface area contributed by atoms with Gasteiger partial charge in [-0.2, -0.15) is 0 Å². The standard InChI is InChI=1S/C12H23NO5/c1-10(2)9-18-6-5-13(7-11(14)16-3)8-12(15)17-4/h10H,5-9H2,1-4H3. The van der Waals surface area contributed by atoms with Crippen molar-refractivity contribution in [3.05, 3.63) is 0 Å². The molecule has 0 amide bonds. The lowest BCUT2D eigenvalue weighted by molar-refractivity contribution is -0.145. The number of hydrogen-bond acceptors (Lipinski definition) is 6. The Morgan fingerprint density at radius 2 is 1.56 bits per heavy atom. The summed E-state index contributed by atoms with van der Waals surface area (Å²) in [6.45, 7) is 5.82. The number of rotatable bonds is 9.